The smallest absolute Gasteiger partial charge is 0.186 e. The van der Waals surface area contributed by atoms with Gasteiger partial charge in [-0.25, -0.2) is 4.98 Å². The zero-order valence-electron chi connectivity index (χ0n) is 9.31. The predicted octanol–water partition coefficient (Wildman–Crippen LogP) is 4.39. The van der Waals surface area contributed by atoms with Gasteiger partial charge in [-0.1, -0.05) is 45.7 Å². The van der Waals surface area contributed by atoms with Crippen molar-refractivity contribution in [2.75, 3.05) is 0 Å². The summed E-state index contributed by atoms with van der Waals surface area (Å²) in [7, 11) is 0. The summed E-state index contributed by atoms with van der Waals surface area (Å²) in [5.41, 5.74) is 1.50. The fourth-order valence-corrected chi connectivity index (χ4v) is 1.84. The van der Waals surface area contributed by atoms with Crippen molar-refractivity contribution in [3.63, 3.8) is 0 Å². The van der Waals surface area contributed by atoms with Crippen molar-refractivity contribution < 1.29 is 4.79 Å². The number of hydrogen-bond donors (Lipinski definition) is 0. The summed E-state index contributed by atoms with van der Waals surface area (Å²) in [5.74, 6) is -0.0952. The molecule has 0 bridgehead atoms. The topological polar surface area (TPSA) is 30.0 Å². The van der Waals surface area contributed by atoms with Crippen LogP contribution in [-0.2, 0) is 0 Å². The Morgan fingerprint density at radius 2 is 1.94 bits per heavy atom. The first-order chi connectivity index (χ1) is 8.65. The molecule has 2 aromatic rings. The van der Waals surface area contributed by atoms with E-state index in [4.69, 9.17) is 11.6 Å². The number of carbonyl (C=O) groups is 1. The van der Waals surface area contributed by atoms with Crippen LogP contribution in [0.1, 0.15) is 15.9 Å². The number of benzene rings is 1. The molecule has 0 N–H and O–H groups in total. The second kappa shape index (κ2) is 5.94. The molecule has 0 aliphatic heterocycles. The minimum absolute atomic E-state index is 0.0952. The lowest BCUT2D eigenvalue weighted by atomic mass is 10.1. The third kappa shape index (κ3) is 3.52. The predicted molar refractivity (Wildman–Crippen MR) is 76.8 cm³/mol. The first-order valence-corrected chi connectivity index (χ1v) is 6.42. The van der Waals surface area contributed by atoms with Crippen LogP contribution in [0.25, 0.3) is 6.08 Å². The molecule has 0 spiro atoms. The molecule has 2 nitrogen and oxygen atoms in total. The van der Waals surface area contributed by atoms with Crippen LogP contribution in [0, 0.1) is 0 Å². The average molecular weight is 323 g/mol. The summed E-state index contributed by atoms with van der Waals surface area (Å²) in [6, 6.07) is 10.9. The summed E-state index contributed by atoms with van der Waals surface area (Å²) in [6.45, 7) is 0. The normalized spacial score (nSPS) is 10.8. The molecular weight excluding hydrogens is 314 g/mol. The summed E-state index contributed by atoms with van der Waals surface area (Å²) >= 11 is 9.09. The molecule has 4 heteroatoms. The fourth-order valence-electron chi connectivity index (χ4n) is 1.40. The number of rotatable bonds is 3. The van der Waals surface area contributed by atoms with Gasteiger partial charge in [0.25, 0.3) is 0 Å². The molecule has 0 atom stereocenters. The standard InChI is InChI=1S/C14H9BrClNO/c15-12-4-1-10(2-5-12)3-6-13(18)11-7-8-17-14(16)9-11/h1-9H/b6-3+. The first-order valence-electron chi connectivity index (χ1n) is 5.25. The highest BCUT2D eigenvalue weighted by Gasteiger charge is 2.02. The Labute approximate surface area is 118 Å². The van der Waals surface area contributed by atoms with E-state index in [1.54, 1.807) is 18.2 Å². The molecule has 0 amide bonds. The Hall–Kier alpha value is -1.45. The van der Waals surface area contributed by atoms with Crippen molar-refractivity contribution in [1.29, 1.82) is 0 Å². The lowest BCUT2D eigenvalue weighted by Gasteiger charge is -1.96. The molecule has 0 unspecified atom stereocenters. The van der Waals surface area contributed by atoms with Crippen LogP contribution >= 0.6 is 27.5 Å². The van der Waals surface area contributed by atoms with Crippen LogP contribution in [0.15, 0.2) is 53.1 Å². The van der Waals surface area contributed by atoms with E-state index in [9.17, 15) is 4.79 Å². The summed E-state index contributed by atoms with van der Waals surface area (Å²) in [6.07, 6.45) is 4.81. The highest BCUT2D eigenvalue weighted by atomic mass is 79.9. The van der Waals surface area contributed by atoms with Crippen LogP contribution in [0.4, 0.5) is 0 Å². The summed E-state index contributed by atoms with van der Waals surface area (Å²) < 4.78 is 1.01. The van der Waals surface area contributed by atoms with Crippen LogP contribution in [-0.4, -0.2) is 10.8 Å². The van der Waals surface area contributed by atoms with Gasteiger partial charge in [0.15, 0.2) is 5.78 Å². The monoisotopic (exact) mass is 321 g/mol. The number of allylic oxidation sites excluding steroid dienone is 1. The number of halogens is 2. The highest BCUT2D eigenvalue weighted by Crippen LogP contribution is 2.13. The van der Waals surface area contributed by atoms with Crippen molar-refractivity contribution in [2.24, 2.45) is 0 Å². The molecule has 1 aromatic heterocycles. The van der Waals surface area contributed by atoms with E-state index in [0.29, 0.717) is 10.7 Å². The van der Waals surface area contributed by atoms with E-state index < -0.39 is 0 Å². The minimum atomic E-state index is -0.0952. The third-order valence-corrected chi connectivity index (χ3v) is 3.04. The van der Waals surface area contributed by atoms with Gasteiger partial charge < -0.3 is 0 Å². The van der Waals surface area contributed by atoms with Gasteiger partial charge >= 0.3 is 0 Å². The Kier molecular flexibility index (Phi) is 4.28. The molecule has 2 rings (SSSR count). The maximum Gasteiger partial charge on any atom is 0.186 e. The minimum Gasteiger partial charge on any atom is -0.289 e. The zero-order valence-corrected chi connectivity index (χ0v) is 11.6. The largest absolute Gasteiger partial charge is 0.289 e. The van der Waals surface area contributed by atoms with Gasteiger partial charge in [0.2, 0.25) is 0 Å². The molecule has 90 valence electrons. The van der Waals surface area contributed by atoms with Crippen LogP contribution in [0.5, 0.6) is 0 Å². The van der Waals surface area contributed by atoms with Crippen LogP contribution in [0.3, 0.4) is 0 Å². The van der Waals surface area contributed by atoms with Gasteiger partial charge in [0.05, 0.1) is 0 Å². The van der Waals surface area contributed by atoms with E-state index in [-0.39, 0.29) is 5.78 Å². The van der Waals surface area contributed by atoms with Crippen molar-refractivity contribution in [2.45, 2.75) is 0 Å². The van der Waals surface area contributed by atoms with E-state index in [1.165, 1.54) is 12.3 Å². The molecule has 0 saturated carbocycles. The first kappa shape index (κ1) is 13.0. The van der Waals surface area contributed by atoms with Gasteiger partial charge in [-0.15, -0.1) is 0 Å². The number of hydrogen-bond acceptors (Lipinski definition) is 2. The molecule has 0 saturated heterocycles. The number of nitrogens with zero attached hydrogens (tertiary/aromatic N) is 1. The highest BCUT2D eigenvalue weighted by molar-refractivity contribution is 9.10. The Morgan fingerprint density at radius 1 is 1.22 bits per heavy atom. The summed E-state index contributed by atoms with van der Waals surface area (Å²) in [4.78, 5) is 15.7. The molecule has 0 radical (unpaired) electrons. The van der Waals surface area contributed by atoms with Gasteiger partial charge in [0, 0.05) is 16.2 Å². The Bertz CT molecular complexity index is 593. The van der Waals surface area contributed by atoms with E-state index >= 15 is 0 Å². The van der Waals surface area contributed by atoms with Crippen molar-refractivity contribution in [1.82, 2.24) is 4.98 Å². The van der Waals surface area contributed by atoms with Gasteiger partial charge in [-0.3, -0.25) is 4.79 Å². The zero-order chi connectivity index (χ0) is 13.0. The molecular formula is C14H9BrClNO. The van der Waals surface area contributed by atoms with Crippen molar-refractivity contribution in [3.05, 3.63) is 69.4 Å². The second-order valence-corrected chi connectivity index (χ2v) is 4.92. The number of pyridine rings is 1. The fraction of sp³-hybridized carbons (Fsp3) is 0. The molecule has 0 fully saturated rings. The molecule has 18 heavy (non-hydrogen) atoms. The molecule has 1 aromatic carbocycles. The maximum atomic E-state index is 11.9. The lowest BCUT2D eigenvalue weighted by Crippen LogP contribution is -1.94. The van der Waals surface area contributed by atoms with E-state index in [1.807, 2.05) is 24.3 Å². The van der Waals surface area contributed by atoms with E-state index in [0.717, 1.165) is 10.0 Å². The third-order valence-electron chi connectivity index (χ3n) is 2.31. The van der Waals surface area contributed by atoms with Gasteiger partial charge in [-0.2, -0.15) is 0 Å². The van der Waals surface area contributed by atoms with Crippen molar-refractivity contribution >= 4 is 39.4 Å². The Balaban J connectivity index is 2.14. The quantitative estimate of drug-likeness (QED) is 0.476. The van der Waals surface area contributed by atoms with Crippen LogP contribution < -0.4 is 0 Å². The van der Waals surface area contributed by atoms with Crippen molar-refractivity contribution in [3.8, 4) is 0 Å². The molecule has 1 heterocycles. The number of carbonyl (C=O) groups excluding carboxylic acids is 1. The summed E-state index contributed by atoms with van der Waals surface area (Å²) in [5, 5.41) is 0.317. The van der Waals surface area contributed by atoms with Gasteiger partial charge in [0.1, 0.15) is 5.15 Å². The van der Waals surface area contributed by atoms with E-state index in [2.05, 4.69) is 20.9 Å². The number of aromatic nitrogens is 1. The molecule has 0 aliphatic carbocycles. The van der Waals surface area contributed by atoms with Gasteiger partial charge in [-0.05, 0) is 35.9 Å². The second-order valence-electron chi connectivity index (χ2n) is 3.62. The Morgan fingerprint density at radius 3 is 2.61 bits per heavy atom. The number of ketones is 1. The van der Waals surface area contributed by atoms with Crippen LogP contribution in [0.2, 0.25) is 5.15 Å². The average Bonchev–Trinajstić information content (AvgIpc) is 2.38. The molecule has 0 aliphatic rings. The SMILES string of the molecule is O=C(/C=C/c1ccc(Br)cc1)c1ccnc(Cl)c1. The lowest BCUT2D eigenvalue weighted by molar-refractivity contribution is 0.104. The maximum absolute atomic E-state index is 11.9.